The molecule has 1 aliphatic heterocycles. The van der Waals surface area contributed by atoms with Gasteiger partial charge in [0.05, 0.1) is 6.10 Å². The molecule has 76 valence electrons. The second-order valence-corrected chi connectivity index (χ2v) is 6.46. The van der Waals surface area contributed by atoms with Crippen molar-refractivity contribution in [1.29, 1.82) is 0 Å². The van der Waals surface area contributed by atoms with E-state index >= 15 is 0 Å². The summed E-state index contributed by atoms with van der Waals surface area (Å²) >= 11 is 6.14. The van der Waals surface area contributed by atoms with E-state index in [2.05, 4.69) is 23.6 Å². The monoisotopic (exact) mass is 227 g/mol. The van der Waals surface area contributed by atoms with E-state index in [0.717, 1.165) is 0 Å². The van der Waals surface area contributed by atoms with E-state index in [-0.39, 0.29) is 6.10 Å². The molecule has 1 aromatic carbocycles. The summed E-state index contributed by atoms with van der Waals surface area (Å²) in [4.78, 5) is 0. The number of hydrogen-bond acceptors (Lipinski definition) is 2. The third kappa shape index (κ3) is 1.73. The van der Waals surface area contributed by atoms with Crippen molar-refractivity contribution < 1.29 is 4.43 Å². The lowest BCUT2D eigenvalue weighted by Gasteiger charge is -2.18. The Morgan fingerprint density at radius 1 is 1.36 bits per heavy atom. The number of rotatable bonds is 1. The number of benzene rings is 1. The lowest BCUT2D eigenvalue weighted by atomic mass is 10.0. The summed E-state index contributed by atoms with van der Waals surface area (Å²) in [7, 11) is 0.416. The summed E-state index contributed by atoms with van der Waals surface area (Å²) in [6.07, 6.45) is 0.148. The highest BCUT2D eigenvalue weighted by atomic mass is 35.6. The maximum Gasteiger partial charge on any atom is 0.357 e. The molecule has 2 nitrogen and oxygen atoms in total. The molecule has 4 heteroatoms. The molecule has 1 aromatic rings. The first kappa shape index (κ1) is 10.2. The minimum absolute atomic E-state index is 0.148. The fourth-order valence-electron chi connectivity index (χ4n) is 1.73. The van der Waals surface area contributed by atoms with Gasteiger partial charge in [0, 0.05) is 6.04 Å². The van der Waals surface area contributed by atoms with Gasteiger partial charge in [-0.05, 0) is 19.5 Å². The first-order chi connectivity index (χ1) is 6.70. The van der Waals surface area contributed by atoms with Gasteiger partial charge in [0.1, 0.15) is 0 Å². The molecule has 1 heterocycles. The number of nitrogens with zero attached hydrogens (tertiary/aromatic N) is 1. The molecule has 1 unspecified atom stereocenters. The fourth-order valence-corrected chi connectivity index (χ4v) is 3.94. The molecule has 0 aliphatic carbocycles. The molecule has 14 heavy (non-hydrogen) atoms. The van der Waals surface area contributed by atoms with Crippen LogP contribution < -0.4 is 0 Å². The highest BCUT2D eigenvalue weighted by Gasteiger charge is 2.37. The third-order valence-corrected chi connectivity index (χ3v) is 5.65. The molecule has 1 aliphatic rings. The standard InChI is InChI=1S/C10H14ClNOSi/c1-8-10(13-14(11)12(8)2)9-6-4-3-5-7-9/h3-8,10,14H,1-2H3/t8-,10+,14?/m0/s1. The molecule has 1 saturated heterocycles. The largest absolute Gasteiger partial charge is 0.385 e. The Morgan fingerprint density at radius 3 is 2.50 bits per heavy atom. The Morgan fingerprint density at radius 2 is 2.00 bits per heavy atom. The van der Waals surface area contributed by atoms with Gasteiger partial charge in [0.2, 0.25) is 0 Å². The molecule has 0 radical (unpaired) electrons. The normalized spacial score (nSPS) is 33.5. The number of likely N-dealkylation sites (N-methyl/N-ethyl adjacent to an activating group) is 1. The van der Waals surface area contributed by atoms with Crippen molar-refractivity contribution in [2.45, 2.75) is 19.1 Å². The fraction of sp³-hybridized carbons (Fsp3) is 0.400. The molecule has 0 saturated carbocycles. The van der Waals surface area contributed by atoms with Crippen LogP contribution in [0.1, 0.15) is 18.6 Å². The average molecular weight is 228 g/mol. The van der Waals surface area contributed by atoms with Gasteiger partial charge in [0.15, 0.2) is 0 Å². The van der Waals surface area contributed by atoms with Crippen molar-refractivity contribution in [2.75, 3.05) is 7.05 Å². The first-order valence-corrected chi connectivity index (χ1v) is 7.50. The molecule has 1 fully saturated rings. The highest BCUT2D eigenvalue weighted by molar-refractivity contribution is 7.01. The number of halogens is 1. The molecular weight excluding hydrogens is 214 g/mol. The molecular formula is C10H14ClNOSi. The molecule has 3 atom stereocenters. The van der Waals surface area contributed by atoms with Crippen LogP contribution in [-0.4, -0.2) is 26.2 Å². The predicted octanol–water partition coefficient (Wildman–Crippen LogP) is 2.03. The molecule has 2 rings (SSSR count). The molecule has 0 spiro atoms. The Kier molecular flexibility index (Phi) is 2.92. The van der Waals surface area contributed by atoms with Crippen LogP contribution in [0.4, 0.5) is 0 Å². The lowest BCUT2D eigenvalue weighted by Crippen LogP contribution is -2.31. The molecule has 0 aromatic heterocycles. The SMILES string of the molecule is C[C@H]1[C@H](c2ccccc2)O[SiH](Cl)N1C. The minimum Gasteiger partial charge on any atom is -0.385 e. The lowest BCUT2D eigenvalue weighted by molar-refractivity contribution is 0.212. The summed E-state index contributed by atoms with van der Waals surface area (Å²) < 4.78 is 7.97. The summed E-state index contributed by atoms with van der Waals surface area (Å²) in [5, 5.41) is 0. The van der Waals surface area contributed by atoms with Gasteiger partial charge in [-0.3, -0.25) is 4.57 Å². The zero-order chi connectivity index (χ0) is 10.1. The second kappa shape index (κ2) is 4.02. The summed E-state index contributed by atoms with van der Waals surface area (Å²) in [6, 6.07) is 10.7. The smallest absolute Gasteiger partial charge is 0.357 e. The summed E-state index contributed by atoms with van der Waals surface area (Å²) in [5.41, 5.74) is 1.22. The van der Waals surface area contributed by atoms with Crippen LogP contribution >= 0.6 is 11.1 Å². The Balaban J connectivity index is 2.21. The summed E-state index contributed by atoms with van der Waals surface area (Å²) in [5.74, 6) is 0. The van der Waals surface area contributed by atoms with E-state index in [1.54, 1.807) is 0 Å². The van der Waals surface area contributed by atoms with Crippen LogP contribution in [-0.2, 0) is 4.43 Å². The van der Waals surface area contributed by atoms with E-state index in [4.69, 9.17) is 15.5 Å². The third-order valence-electron chi connectivity index (χ3n) is 2.79. The topological polar surface area (TPSA) is 12.5 Å². The first-order valence-electron chi connectivity index (χ1n) is 4.76. The van der Waals surface area contributed by atoms with Crippen molar-refractivity contribution in [3.8, 4) is 0 Å². The van der Waals surface area contributed by atoms with Crippen molar-refractivity contribution in [3.63, 3.8) is 0 Å². The Hall–Kier alpha value is -0.353. The van der Waals surface area contributed by atoms with E-state index < -0.39 is 8.51 Å². The van der Waals surface area contributed by atoms with Crippen LogP contribution in [0.15, 0.2) is 30.3 Å². The van der Waals surface area contributed by atoms with Crippen molar-refractivity contribution in [2.24, 2.45) is 0 Å². The van der Waals surface area contributed by atoms with E-state index in [9.17, 15) is 0 Å². The van der Waals surface area contributed by atoms with E-state index in [1.165, 1.54) is 5.56 Å². The second-order valence-electron chi connectivity index (χ2n) is 3.67. The van der Waals surface area contributed by atoms with Gasteiger partial charge in [-0.1, -0.05) is 30.3 Å². The Bertz CT molecular complexity index is 308. The predicted molar refractivity (Wildman–Crippen MR) is 60.5 cm³/mol. The van der Waals surface area contributed by atoms with Gasteiger partial charge < -0.3 is 4.43 Å². The van der Waals surface area contributed by atoms with Crippen LogP contribution in [0.5, 0.6) is 0 Å². The van der Waals surface area contributed by atoms with Gasteiger partial charge in [-0.25, -0.2) is 0 Å². The van der Waals surface area contributed by atoms with E-state index in [1.807, 2.05) is 25.2 Å². The van der Waals surface area contributed by atoms with Gasteiger partial charge >= 0.3 is 8.51 Å². The maximum absolute atomic E-state index is 6.14. The van der Waals surface area contributed by atoms with Crippen LogP contribution in [0.3, 0.4) is 0 Å². The van der Waals surface area contributed by atoms with Crippen molar-refractivity contribution >= 4 is 19.6 Å². The van der Waals surface area contributed by atoms with Crippen molar-refractivity contribution in [3.05, 3.63) is 35.9 Å². The van der Waals surface area contributed by atoms with Crippen molar-refractivity contribution in [1.82, 2.24) is 4.57 Å². The van der Waals surface area contributed by atoms with E-state index in [0.29, 0.717) is 6.04 Å². The number of hydrogen-bond donors (Lipinski definition) is 0. The average Bonchev–Trinajstić information content (AvgIpc) is 2.47. The summed E-state index contributed by atoms with van der Waals surface area (Å²) in [6.45, 7) is 2.16. The van der Waals surface area contributed by atoms with Gasteiger partial charge in [-0.15, -0.1) is 11.1 Å². The highest BCUT2D eigenvalue weighted by Crippen LogP contribution is 2.32. The van der Waals surface area contributed by atoms with Gasteiger partial charge in [0.25, 0.3) is 0 Å². The van der Waals surface area contributed by atoms with Crippen LogP contribution in [0.2, 0.25) is 0 Å². The molecule has 0 N–H and O–H groups in total. The molecule has 0 amide bonds. The molecule has 0 bridgehead atoms. The zero-order valence-electron chi connectivity index (χ0n) is 8.35. The zero-order valence-corrected chi connectivity index (χ0v) is 10.3. The quantitative estimate of drug-likeness (QED) is 0.538. The minimum atomic E-state index is -1.62. The van der Waals surface area contributed by atoms with Crippen LogP contribution in [0, 0.1) is 0 Å². The maximum atomic E-state index is 6.14. The Labute approximate surface area is 90.9 Å². The van der Waals surface area contributed by atoms with Gasteiger partial charge in [-0.2, -0.15) is 0 Å². The van der Waals surface area contributed by atoms with Crippen LogP contribution in [0.25, 0.3) is 0 Å².